The largest absolute Gasteiger partial charge is 0.448 e. The van der Waals surface area contributed by atoms with Crippen molar-refractivity contribution in [1.82, 2.24) is 9.88 Å². The Labute approximate surface area is 139 Å². The lowest BCUT2D eigenvalue weighted by atomic mass is 9.80. The van der Waals surface area contributed by atoms with Crippen LogP contribution < -0.4 is 5.32 Å². The van der Waals surface area contributed by atoms with Gasteiger partial charge in [0.15, 0.2) is 12.1 Å². The first-order chi connectivity index (χ1) is 11.6. The molecule has 6 heteroatoms. The summed E-state index contributed by atoms with van der Waals surface area (Å²) in [5, 5.41) is 2.97. The zero-order chi connectivity index (χ0) is 16.7. The first-order valence-electron chi connectivity index (χ1n) is 8.24. The summed E-state index contributed by atoms with van der Waals surface area (Å²) in [6.45, 7) is 3.02. The number of piperidine rings is 1. The highest BCUT2D eigenvalue weighted by Gasteiger charge is 2.39. The van der Waals surface area contributed by atoms with Crippen molar-refractivity contribution in [2.45, 2.75) is 25.7 Å². The second-order valence-electron chi connectivity index (χ2n) is 6.44. The fraction of sp³-hybridized carbons (Fsp3) is 0.389. The van der Waals surface area contributed by atoms with Crippen LogP contribution in [0.5, 0.6) is 0 Å². The molecule has 0 aliphatic carbocycles. The van der Waals surface area contributed by atoms with Gasteiger partial charge in [0, 0.05) is 18.8 Å². The van der Waals surface area contributed by atoms with Crippen LogP contribution in [-0.4, -0.2) is 34.8 Å². The number of nitrogens with one attached hydrogen (secondary N) is 1. The van der Waals surface area contributed by atoms with E-state index in [1.54, 1.807) is 11.8 Å². The van der Waals surface area contributed by atoms with Gasteiger partial charge in [0.25, 0.3) is 5.91 Å². The van der Waals surface area contributed by atoms with Crippen molar-refractivity contribution in [2.24, 2.45) is 5.92 Å². The summed E-state index contributed by atoms with van der Waals surface area (Å²) in [5.41, 5.74) is 2.39. The molecule has 24 heavy (non-hydrogen) atoms. The SMILES string of the molecule is Cc1ocnc1C(=O)N1CCC(C2C(=O)Nc3ccccc32)CC1. The number of oxazole rings is 1. The third-order valence-corrected chi connectivity index (χ3v) is 5.08. The van der Waals surface area contributed by atoms with E-state index in [1.165, 1.54) is 6.39 Å². The van der Waals surface area contributed by atoms with Gasteiger partial charge in [-0.15, -0.1) is 0 Å². The lowest BCUT2D eigenvalue weighted by Gasteiger charge is -2.34. The van der Waals surface area contributed by atoms with Gasteiger partial charge in [0.2, 0.25) is 5.91 Å². The number of carbonyl (C=O) groups is 2. The molecule has 0 saturated carbocycles. The number of likely N-dealkylation sites (tertiary alicyclic amines) is 1. The highest BCUT2D eigenvalue weighted by atomic mass is 16.3. The average Bonchev–Trinajstić information content (AvgIpc) is 3.16. The molecule has 1 aromatic heterocycles. The van der Waals surface area contributed by atoms with Crippen molar-refractivity contribution < 1.29 is 14.0 Å². The Morgan fingerprint density at radius 1 is 1.29 bits per heavy atom. The molecule has 2 aliphatic rings. The number of rotatable bonds is 2. The maximum absolute atomic E-state index is 12.5. The number of benzene rings is 1. The average molecular weight is 325 g/mol. The van der Waals surface area contributed by atoms with Gasteiger partial charge in [-0.05, 0) is 37.3 Å². The van der Waals surface area contributed by atoms with Crippen LogP contribution >= 0.6 is 0 Å². The quantitative estimate of drug-likeness (QED) is 0.921. The standard InChI is InChI=1S/C18H19N3O3/c1-11-16(19-10-24-11)18(23)21-8-6-12(7-9-21)15-13-4-2-3-5-14(13)20-17(15)22/h2-5,10,12,15H,6-9H2,1H3,(H,20,22). The molecule has 0 bridgehead atoms. The van der Waals surface area contributed by atoms with Crippen molar-refractivity contribution in [3.63, 3.8) is 0 Å². The predicted octanol–water partition coefficient (Wildman–Crippen LogP) is 2.57. The summed E-state index contributed by atoms with van der Waals surface area (Å²) in [5.74, 6) is 0.693. The topological polar surface area (TPSA) is 75.4 Å². The Bertz CT molecular complexity index is 790. The van der Waals surface area contributed by atoms with E-state index in [0.717, 1.165) is 24.1 Å². The van der Waals surface area contributed by atoms with Crippen LogP contribution in [-0.2, 0) is 4.79 Å². The zero-order valence-corrected chi connectivity index (χ0v) is 13.5. The van der Waals surface area contributed by atoms with E-state index < -0.39 is 0 Å². The smallest absolute Gasteiger partial charge is 0.276 e. The van der Waals surface area contributed by atoms with E-state index in [2.05, 4.69) is 10.3 Å². The highest BCUT2D eigenvalue weighted by molar-refractivity contribution is 6.03. The summed E-state index contributed by atoms with van der Waals surface area (Å²) in [4.78, 5) is 30.7. The second-order valence-corrected chi connectivity index (χ2v) is 6.44. The van der Waals surface area contributed by atoms with Gasteiger partial charge in [-0.1, -0.05) is 18.2 Å². The summed E-state index contributed by atoms with van der Waals surface area (Å²) in [7, 11) is 0. The van der Waals surface area contributed by atoms with E-state index >= 15 is 0 Å². The van der Waals surface area contributed by atoms with Gasteiger partial charge in [0.05, 0.1) is 5.92 Å². The first-order valence-corrected chi connectivity index (χ1v) is 8.24. The summed E-state index contributed by atoms with van der Waals surface area (Å²) in [6, 6.07) is 7.87. The third-order valence-electron chi connectivity index (χ3n) is 5.08. The molecule has 4 rings (SSSR count). The van der Waals surface area contributed by atoms with Gasteiger partial charge in [-0.2, -0.15) is 0 Å². The van der Waals surface area contributed by atoms with E-state index in [0.29, 0.717) is 24.5 Å². The minimum absolute atomic E-state index is 0.0772. The van der Waals surface area contributed by atoms with Crippen molar-refractivity contribution in [3.8, 4) is 0 Å². The number of fused-ring (bicyclic) bond motifs is 1. The number of hydrogen-bond donors (Lipinski definition) is 1. The summed E-state index contributed by atoms with van der Waals surface area (Å²) < 4.78 is 5.12. The Kier molecular flexibility index (Phi) is 3.59. The zero-order valence-electron chi connectivity index (χ0n) is 13.5. The molecule has 2 aromatic rings. The van der Waals surface area contributed by atoms with Crippen LogP contribution in [0, 0.1) is 12.8 Å². The van der Waals surface area contributed by atoms with Gasteiger partial charge >= 0.3 is 0 Å². The number of amides is 2. The molecule has 2 aliphatic heterocycles. The van der Waals surface area contributed by atoms with E-state index in [9.17, 15) is 9.59 Å². The molecule has 2 amide bonds. The van der Waals surface area contributed by atoms with Gasteiger partial charge in [-0.25, -0.2) is 4.98 Å². The molecule has 1 unspecified atom stereocenters. The van der Waals surface area contributed by atoms with Gasteiger partial charge in [-0.3, -0.25) is 9.59 Å². The Hall–Kier alpha value is -2.63. The van der Waals surface area contributed by atoms with Crippen LogP contribution in [0.2, 0.25) is 0 Å². The maximum Gasteiger partial charge on any atom is 0.276 e. The summed E-state index contributed by atoms with van der Waals surface area (Å²) >= 11 is 0. The molecule has 0 spiro atoms. The molecule has 124 valence electrons. The fourth-order valence-electron chi connectivity index (χ4n) is 3.80. The van der Waals surface area contributed by atoms with Crippen LogP contribution in [0.4, 0.5) is 5.69 Å². The van der Waals surface area contributed by atoms with Crippen molar-refractivity contribution in [3.05, 3.63) is 47.7 Å². The van der Waals surface area contributed by atoms with E-state index in [1.807, 2.05) is 24.3 Å². The summed E-state index contributed by atoms with van der Waals surface area (Å²) in [6.07, 6.45) is 2.93. The molecule has 1 atom stereocenters. The Morgan fingerprint density at radius 3 is 2.75 bits per heavy atom. The number of aryl methyl sites for hydroxylation is 1. The molecule has 1 saturated heterocycles. The number of anilines is 1. The van der Waals surface area contributed by atoms with Crippen LogP contribution in [0.15, 0.2) is 35.1 Å². The first kappa shape index (κ1) is 14.9. The van der Waals surface area contributed by atoms with Gasteiger partial charge in [0.1, 0.15) is 5.76 Å². The predicted molar refractivity (Wildman–Crippen MR) is 87.7 cm³/mol. The molecule has 6 nitrogen and oxygen atoms in total. The van der Waals surface area contributed by atoms with Crippen molar-refractivity contribution in [2.75, 3.05) is 18.4 Å². The number of hydrogen-bond acceptors (Lipinski definition) is 4. The lowest BCUT2D eigenvalue weighted by molar-refractivity contribution is -0.118. The number of nitrogens with zero attached hydrogens (tertiary/aromatic N) is 2. The molecule has 1 fully saturated rings. The van der Waals surface area contributed by atoms with Crippen molar-refractivity contribution >= 4 is 17.5 Å². The fourth-order valence-corrected chi connectivity index (χ4v) is 3.80. The maximum atomic E-state index is 12.5. The number of para-hydroxylation sites is 1. The molecular weight excluding hydrogens is 306 g/mol. The Morgan fingerprint density at radius 2 is 2.04 bits per heavy atom. The monoisotopic (exact) mass is 325 g/mol. The lowest BCUT2D eigenvalue weighted by Crippen LogP contribution is -2.41. The molecule has 3 heterocycles. The minimum Gasteiger partial charge on any atom is -0.448 e. The third kappa shape index (κ3) is 2.38. The molecule has 1 N–H and O–H groups in total. The molecular formula is C18H19N3O3. The Balaban J connectivity index is 1.46. The second kappa shape index (κ2) is 5.78. The number of aromatic nitrogens is 1. The van der Waals surface area contributed by atoms with Crippen LogP contribution in [0.25, 0.3) is 0 Å². The molecule has 0 radical (unpaired) electrons. The number of carbonyl (C=O) groups excluding carboxylic acids is 2. The van der Waals surface area contributed by atoms with Crippen LogP contribution in [0.1, 0.15) is 40.6 Å². The van der Waals surface area contributed by atoms with Gasteiger partial charge < -0.3 is 14.6 Å². The van der Waals surface area contributed by atoms with Crippen molar-refractivity contribution in [1.29, 1.82) is 0 Å². The molecule has 1 aromatic carbocycles. The highest BCUT2D eigenvalue weighted by Crippen LogP contribution is 2.41. The van der Waals surface area contributed by atoms with E-state index in [-0.39, 0.29) is 23.7 Å². The van der Waals surface area contributed by atoms with E-state index in [4.69, 9.17) is 4.42 Å². The normalized spacial score (nSPS) is 20.8. The van der Waals surface area contributed by atoms with Crippen LogP contribution in [0.3, 0.4) is 0 Å². The minimum atomic E-state index is -0.104.